The number of hydrogen-bond donors (Lipinski definition) is 1. The van der Waals surface area contributed by atoms with Gasteiger partial charge >= 0.3 is 0 Å². The average Bonchev–Trinajstić information content (AvgIpc) is 2.38. The van der Waals surface area contributed by atoms with Crippen molar-refractivity contribution in [2.75, 3.05) is 0 Å². The smallest absolute Gasteiger partial charge is 0.251 e. The number of amides is 1. The summed E-state index contributed by atoms with van der Waals surface area (Å²) in [5, 5.41) is 3.23. The lowest BCUT2D eigenvalue weighted by molar-refractivity contribution is 0.0939. The standard InChI is InChI=1S/C14H14ClN3O/c1-9-7-12(8-13(15)17-9)14(19)18-10(2)11-3-5-16-6-4-11/h3-8,10H,1-2H3,(H,18,19). The fraction of sp³-hybridized carbons (Fsp3) is 0.214. The summed E-state index contributed by atoms with van der Waals surface area (Å²) in [5.74, 6) is -0.170. The van der Waals surface area contributed by atoms with Crippen LogP contribution in [0.5, 0.6) is 0 Å². The first-order valence-electron chi connectivity index (χ1n) is 5.91. The van der Waals surface area contributed by atoms with E-state index in [0.29, 0.717) is 16.4 Å². The van der Waals surface area contributed by atoms with Crippen LogP contribution in [0.2, 0.25) is 5.15 Å². The van der Waals surface area contributed by atoms with E-state index < -0.39 is 0 Å². The third-order valence-corrected chi connectivity index (χ3v) is 2.93. The summed E-state index contributed by atoms with van der Waals surface area (Å²) in [6.07, 6.45) is 3.40. The van der Waals surface area contributed by atoms with Crippen LogP contribution in [0.25, 0.3) is 0 Å². The zero-order valence-electron chi connectivity index (χ0n) is 10.7. The summed E-state index contributed by atoms with van der Waals surface area (Å²) in [4.78, 5) is 20.1. The van der Waals surface area contributed by atoms with E-state index >= 15 is 0 Å². The molecule has 4 nitrogen and oxygen atoms in total. The van der Waals surface area contributed by atoms with Gasteiger partial charge in [0, 0.05) is 23.7 Å². The van der Waals surface area contributed by atoms with Gasteiger partial charge in [-0.25, -0.2) is 4.98 Å². The molecule has 0 fully saturated rings. The van der Waals surface area contributed by atoms with Crippen molar-refractivity contribution in [2.24, 2.45) is 0 Å². The van der Waals surface area contributed by atoms with Gasteiger partial charge in [0.05, 0.1) is 6.04 Å². The number of aromatic nitrogens is 2. The molecule has 0 bridgehead atoms. The molecule has 0 saturated carbocycles. The first kappa shape index (κ1) is 13.5. The van der Waals surface area contributed by atoms with E-state index in [0.717, 1.165) is 5.56 Å². The summed E-state index contributed by atoms with van der Waals surface area (Å²) >= 11 is 5.85. The van der Waals surface area contributed by atoms with Crippen molar-refractivity contribution in [1.29, 1.82) is 0 Å². The molecule has 1 N–H and O–H groups in total. The van der Waals surface area contributed by atoms with Gasteiger partial charge < -0.3 is 5.32 Å². The van der Waals surface area contributed by atoms with E-state index in [2.05, 4.69) is 15.3 Å². The fourth-order valence-corrected chi connectivity index (χ4v) is 2.03. The quantitative estimate of drug-likeness (QED) is 0.876. The Balaban J connectivity index is 2.13. The van der Waals surface area contributed by atoms with Crippen molar-refractivity contribution in [3.8, 4) is 0 Å². The molecule has 0 aliphatic heterocycles. The highest BCUT2D eigenvalue weighted by Gasteiger charge is 2.12. The number of rotatable bonds is 3. The lowest BCUT2D eigenvalue weighted by atomic mass is 10.1. The predicted molar refractivity (Wildman–Crippen MR) is 74.1 cm³/mol. The number of carbonyl (C=O) groups excluding carboxylic acids is 1. The molecule has 0 aromatic carbocycles. The molecule has 2 aromatic rings. The summed E-state index contributed by atoms with van der Waals surface area (Å²) in [5.41, 5.74) is 2.23. The summed E-state index contributed by atoms with van der Waals surface area (Å²) in [6.45, 7) is 3.72. The van der Waals surface area contributed by atoms with E-state index in [1.54, 1.807) is 31.5 Å². The van der Waals surface area contributed by atoms with Crippen LogP contribution in [0.4, 0.5) is 0 Å². The van der Waals surface area contributed by atoms with Crippen molar-refractivity contribution in [3.05, 3.63) is 58.6 Å². The Morgan fingerprint density at radius 1 is 1.32 bits per heavy atom. The molecule has 0 radical (unpaired) electrons. The topological polar surface area (TPSA) is 54.9 Å². The maximum atomic E-state index is 12.1. The van der Waals surface area contributed by atoms with Gasteiger partial charge in [-0.3, -0.25) is 9.78 Å². The predicted octanol–water partition coefficient (Wildman–Crippen LogP) is 2.93. The zero-order valence-corrected chi connectivity index (χ0v) is 11.5. The Morgan fingerprint density at radius 3 is 2.63 bits per heavy atom. The Kier molecular flexibility index (Phi) is 4.12. The maximum absolute atomic E-state index is 12.1. The summed E-state index contributed by atoms with van der Waals surface area (Å²) in [6, 6.07) is 6.91. The number of nitrogens with zero attached hydrogens (tertiary/aromatic N) is 2. The normalized spacial score (nSPS) is 11.9. The number of hydrogen-bond acceptors (Lipinski definition) is 3. The highest BCUT2D eigenvalue weighted by Crippen LogP contribution is 2.14. The van der Waals surface area contributed by atoms with Gasteiger partial charge in [-0.15, -0.1) is 0 Å². The third-order valence-electron chi connectivity index (χ3n) is 2.74. The molecular formula is C14H14ClN3O. The van der Waals surface area contributed by atoms with Crippen molar-refractivity contribution >= 4 is 17.5 Å². The molecule has 1 amide bonds. The lowest BCUT2D eigenvalue weighted by Crippen LogP contribution is -2.26. The van der Waals surface area contributed by atoms with Crippen LogP contribution < -0.4 is 5.32 Å². The Hall–Kier alpha value is -1.94. The van der Waals surface area contributed by atoms with Crippen LogP contribution in [0.15, 0.2) is 36.7 Å². The number of aryl methyl sites for hydroxylation is 1. The molecule has 2 rings (SSSR count). The molecule has 5 heteroatoms. The molecule has 19 heavy (non-hydrogen) atoms. The van der Waals surface area contributed by atoms with E-state index in [-0.39, 0.29) is 11.9 Å². The largest absolute Gasteiger partial charge is 0.346 e. The highest BCUT2D eigenvalue weighted by atomic mass is 35.5. The van der Waals surface area contributed by atoms with Crippen LogP contribution >= 0.6 is 11.6 Å². The third kappa shape index (κ3) is 3.51. The highest BCUT2D eigenvalue weighted by molar-refractivity contribution is 6.29. The minimum absolute atomic E-state index is 0.0947. The first-order valence-corrected chi connectivity index (χ1v) is 6.29. The maximum Gasteiger partial charge on any atom is 0.251 e. The van der Waals surface area contributed by atoms with Crippen molar-refractivity contribution < 1.29 is 4.79 Å². The van der Waals surface area contributed by atoms with Gasteiger partial charge in [-0.1, -0.05) is 11.6 Å². The lowest BCUT2D eigenvalue weighted by Gasteiger charge is -2.14. The Labute approximate surface area is 116 Å². The van der Waals surface area contributed by atoms with E-state index in [9.17, 15) is 4.79 Å². The van der Waals surface area contributed by atoms with Gasteiger partial charge in [0.2, 0.25) is 0 Å². The van der Waals surface area contributed by atoms with Gasteiger partial charge in [0.25, 0.3) is 5.91 Å². The number of halogens is 1. The van der Waals surface area contributed by atoms with E-state index in [1.807, 2.05) is 19.1 Å². The van der Waals surface area contributed by atoms with Crippen molar-refractivity contribution in [2.45, 2.75) is 19.9 Å². The van der Waals surface area contributed by atoms with Crippen molar-refractivity contribution in [1.82, 2.24) is 15.3 Å². The number of pyridine rings is 2. The number of nitrogens with one attached hydrogen (secondary N) is 1. The second kappa shape index (κ2) is 5.80. The number of carbonyl (C=O) groups is 1. The zero-order chi connectivity index (χ0) is 13.8. The van der Waals surface area contributed by atoms with Crippen LogP contribution in [-0.2, 0) is 0 Å². The monoisotopic (exact) mass is 275 g/mol. The van der Waals surface area contributed by atoms with Crippen LogP contribution in [0.1, 0.15) is 34.6 Å². The molecule has 1 unspecified atom stereocenters. The van der Waals surface area contributed by atoms with Gasteiger partial charge in [0.1, 0.15) is 5.15 Å². The average molecular weight is 276 g/mol. The molecule has 98 valence electrons. The minimum atomic E-state index is -0.170. The molecular weight excluding hydrogens is 262 g/mol. The first-order chi connectivity index (χ1) is 9.06. The molecule has 0 aliphatic rings. The van der Waals surface area contributed by atoms with E-state index in [1.165, 1.54) is 0 Å². The van der Waals surface area contributed by atoms with E-state index in [4.69, 9.17) is 11.6 Å². The fourth-order valence-electron chi connectivity index (χ4n) is 1.77. The molecule has 2 heterocycles. The second-order valence-electron chi connectivity index (χ2n) is 4.30. The summed E-state index contributed by atoms with van der Waals surface area (Å²) in [7, 11) is 0. The van der Waals surface area contributed by atoms with Crippen LogP contribution in [-0.4, -0.2) is 15.9 Å². The molecule has 0 aliphatic carbocycles. The second-order valence-corrected chi connectivity index (χ2v) is 4.68. The molecule has 1 atom stereocenters. The molecule has 2 aromatic heterocycles. The summed E-state index contributed by atoms with van der Waals surface area (Å²) < 4.78 is 0. The Morgan fingerprint density at radius 2 is 2.00 bits per heavy atom. The Bertz CT molecular complexity index is 566. The van der Waals surface area contributed by atoms with Gasteiger partial charge in [0.15, 0.2) is 0 Å². The van der Waals surface area contributed by atoms with Gasteiger partial charge in [-0.05, 0) is 43.7 Å². The molecule has 0 saturated heterocycles. The minimum Gasteiger partial charge on any atom is -0.346 e. The molecule has 0 spiro atoms. The SMILES string of the molecule is Cc1cc(C(=O)NC(C)c2ccncc2)cc(Cl)n1. The van der Waals surface area contributed by atoms with Crippen LogP contribution in [0.3, 0.4) is 0 Å². The van der Waals surface area contributed by atoms with Gasteiger partial charge in [-0.2, -0.15) is 0 Å². The van der Waals surface area contributed by atoms with Crippen molar-refractivity contribution in [3.63, 3.8) is 0 Å². The van der Waals surface area contributed by atoms with Crippen LogP contribution in [0, 0.1) is 6.92 Å².